The topological polar surface area (TPSA) is 45.4 Å². The van der Waals surface area contributed by atoms with Gasteiger partial charge in [0.2, 0.25) is 0 Å². The number of anilines is 2. The maximum atomic E-state index is 12.8. The van der Waals surface area contributed by atoms with Crippen molar-refractivity contribution in [2.75, 3.05) is 63.2 Å². The van der Waals surface area contributed by atoms with E-state index in [9.17, 15) is 4.79 Å². The summed E-state index contributed by atoms with van der Waals surface area (Å²) in [7, 11) is 4.10. The second kappa shape index (κ2) is 9.55. The maximum absolute atomic E-state index is 12.8. The second-order valence-electron chi connectivity index (χ2n) is 7.63. The molecule has 1 aromatic heterocycles. The minimum absolute atomic E-state index is 0.262. The number of hydrogen-bond acceptors (Lipinski definition) is 3. The van der Waals surface area contributed by atoms with E-state index < -0.39 is 0 Å². The van der Waals surface area contributed by atoms with Gasteiger partial charge in [0.1, 0.15) is 19.6 Å². The van der Waals surface area contributed by atoms with E-state index in [1.165, 1.54) is 16.2 Å². The van der Waals surface area contributed by atoms with Gasteiger partial charge < -0.3 is 14.7 Å². The molecule has 0 aliphatic carbocycles. The molecule has 150 valence electrons. The number of quaternary nitrogens is 1. The summed E-state index contributed by atoms with van der Waals surface area (Å²) in [4.78, 5) is 23.8. The van der Waals surface area contributed by atoms with Crippen LogP contribution in [-0.4, -0.2) is 64.2 Å². The van der Waals surface area contributed by atoms with Gasteiger partial charge in [0.25, 0.3) is 11.7 Å². The van der Waals surface area contributed by atoms with Crippen molar-refractivity contribution in [3.05, 3.63) is 54.2 Å². The van der Waals surface area contributed by atoms with Crippen molar-refractivity contribution >= 4 is 17.4 Å². The van der Waals surface area contributed by atoms with E-state index in [4.69, 9.17) is 0 Å². The van der Waals surface area contributed by atoms with Crippen LogP contribution in [0.25, 0.3) is 0 Å². The minimum atomic E-state index is 0.262. The summed E-state index contributed by atoms with van der Waals surface area (Å²) in [6.45, 7) is 7.87. The third-order valence-electron chi connectivity index (χ3n) is 5.47. The molecule has 1 aliphatic heterocycles. The van der Waals surface area contributed by atoms with Gasteiger partial charge in [-0.25, -0.2) is 4.98 Å². The number of nitrogens with zero attached hydrogens (tertiary/aromatic N) is 3. The molecule has 2 N–H and O–H groups in total. The van der Waals surface area contributed by atoms with Gasteiger partial charge in [0, 0.05) is 31.4 Å². The van der Waals surface area contributed by atoms with E-state index in [2.05, 4.69) is 52.0 Å². The van der Waals surface area contributed by atoms with Gasteiger partial charge in [-0.3, -0.25) is 9.69 Å². The molecule has 1 unspecified atom stereocenters. The molecular weight excluding hydrogens is 350 g/mol. The van der Waals surface area contributed by atoms with Crippen LogP contribution >= 0.6 is 0 Å². The Morgan fingerprint density at radius 2 is 1.79 bits per heavy atom. The van der Waals surface area contributed by atoms with E-state index in [-0.39, 0.29) is 5.91 Å². The molecule has 3 rings (SSSR count). The lowest BCUT2D eigenvalue weighted by Gasteiger charge is -2.31. The Bertz CT molecular complexity index is 739. The average Bonchev–Trinajstić information content (AvgIpc) is 2.74. The summed E-state index contributed by atoms with van der Waals surface area (Å²) < 4.78 is 0. The van der Waals surface area contributed by atoms with Crippen LogP contribution in [0.3, 0.4) is 0 Å². The summed E-state index contributed by atoms with van der Waals surface area (Å²) in [5, 5.41) is 0. The number of carbonyl (C=O) groups excluding carboxylic acids is 1. The number of benzene rings is 1. The Labute approximate surface area is 168 Å². The number of nitrogens with one attached hydrogen (secondary N) is 2. The summed E-state index contributed by atoms with van der Waals surface area (Å²) in [6.07, 6.45) is 1.94. The number of aromatic nitrogens is 1. The molecule has 0 bridgehead atoms. The fourth-order valence-electron chi connectivity index (χ4n) is 3.62. The van der Waals surface area contributed by atoms with Gasteiger partial charge in [-0.1, -0.05) is 18.2 Å². The van der Waals surface area contributed by atoms with E-state index >= 15 is 0 Å². The first kappa shape index (κ1) is 20.1. The summed E-state index contributed by atoms with van der Waals surface area (Å²) in [6, 6.07) is 14.7. The van der Waals surface area contributed by atoms with E-state index in [1.54, 1.807) is 0 Å². The first-order chi connectivity index (χ1) is 13.6. The predicted molar refractivity (Wildman–Crippen MR) is 113 cm³/mol. The van der Waals surface area contributed by atoms with Gasteiger partial charge >= 0.3 is 0 Å². The van der Waals surface area contributed by atoms with Gasteiger partial charge in [-0.05, 0) is 25.1 Å². The monoisotopic (exact) mass is 383 g/mol. The number of piperazine rings is 1. The van der Waals surface area contributed by atoms with Crippen LogP contribution in [0.4, 0.5) is 11.5 Å². The molecule has 2 aromatic rings. The van der Waals surface area contributed by atoms with Crippen molar-refractivity contribution in [1.82, 2.24) is 4.90 Å². The zero-order valence-corrected chi connectivity index (χ0v) is 17.3. The molecule has 28 heavy (non-hydrogen) atoms. The van der Waals surface area contributed by atoms with Crippen LogP contribution in [0.1, 0.15) is 12.5 Å². The van der Waals surface area contributed by atoms with Crippen molar-refractivity contribution in [1.29, 1.82) is 0 Å². The summed E-state index contributed by atoms with van der Waals surface area (Å²) in [5.41, 5.74) is 2.48. The van der Waals surface area contributed by atoms with Crippen LogP contribution in [0.2, 0.25) is 0 Å². The van der Waals surface area contributed by atoms with Crippen LogP contribution < -0.4 is 19.7 Å². The van der Waals surface area contributed by atoms with E-state index in [1.807, 2.05) is 37.3 Å². The van der Waals surface area contributed by atoms with Crippen LogP contribution in [0, 0.1) is 0 Å². The predicted octanol–water partition coefficient (Wildman–Crippen LogP) is 0.320. The Hall–Kier alpha value is -2.60. The third-order valence-corrected chi connectivity index (χ3v) is 5.47. The molecule has 1 amide bonds. The molecule has 1 aromatic carbocycles. The summed E-state index contributed by atoms with van der Waals surface area (Å²) >= 11 is 0. The zero-order chi connectivity index (χ0) is 19.9. The normalized spacial score (nSPS) is 15.4. The van der Waals surface area contributed by atoms with Crippen LogP contribution in [-0.2, 0) is 11.3 Å². The first-order valence-electron chi connectivity index (χ1n) is 10.2. The average molecular weight is 384 g/mol. The molecule has 6 nitrogen and oxygen atoms in total. The highest BCUT2D eigenvalue weighted by atomic mass is 16.2. The van der Waals surface area contributed by atoms with Crippen molar-refractivity contribution in [2.24, 2.45) is 0 Å². The molecular formula is C22H33N5O+2. The Morgan fingerprint density at radius 1 is 1.07 bits per heavy atom. The van der Waals surface area contributed by atoms with E-state index in [0.717, 1.165) is 45.1 Å². The van der Waals surface area contributed by atoms with Crippen molar-refractivity contribution < 1.29 is 14.7 Å². The summed E-state index contributed by atoms with van der Waals surface area (Å²) in [5.74, 6) is 1.38. The highest BCUT2D eigenvalue weighted by Gasteiger charge is 2.27. The molecule has 1 fully saturated rings. The molecule has 0 spiro atoms. The van der Waals surface area contributed by atoms with Crippen molar-refractivity contribution in [3.8, 4) is 0 Å². The number of aromatic amines is 1. The number of H-pyrrole nitrogens is 1. The van der Waals surface area contributed by atoms with Crippen LogP contribution in [0.15, 0.2) is 48.7 Å². The Kier molecular flexibility index (Phi) is 6.87. The van der Waals surface area contributed by atoms with E-state index in [0.29, 0.717) is 6.54 Å². The molecule has 2 heterocycles. The number of amides is 1. The molecule has 0 saturated carbocycles. The van der Waals surface area contributed by atoms with Crippen molar-refractivity contribution in [3.63, 3.8) is 0 Å². The molecule has 0 radical (unpaired) electrons. The zero-order valence-electron chi connectivity index (χ0n) is 17.3. The molecule has 1 atom stereocenters. The lowest BCUT2D eigenvalue weighted by atomic mass is 10.2. The highest BCUT2D eigenvalue weighted by Crippen LogP contribution is 2.12. The number of likely N-dealkylation sites (N-methyl/N-ethyl adjacent to an activating group) is 1. The lowest BCUT2D eigenvalue weighted by molar-refractivity contribution is -0.904. The first-order valence-corrected chi connectivity index (χ1v) is 10.2. The van der Waals surface area contributed by atoms with Gasteiger partial charge in [-0.2, -0.15) is 0 Å². The maximum Gasteiger partial charge on any atom is 0.278 e. The number of hydrogen-bond donors (Lipinski definition) is 1. The van der Waals surface area contributed by atoms with Gasteiger partial charge in [0.15, 0.2) is 6.54 Å². The second-order valence-corrected chi connectivity index (χ2v) is 7.63. The van der Waals surface area contributed by atoms with Crippen molar-refractivity contribution in [2.45, 2.75) is 13.5 Å². The number of carbonyl (C=O) groups is 1. The molecule has 1 saturated heterocycles. The lowest BCUT2D eigenvalue weighted by Crippen LogP contribution is -3.11. The van der Waals surface area contributed by atoms with Crippen LogP contribution in [0.5, 0.6) is 0 Å². The smallest absolute Gasteiger partial charge is 0.278 e. The quantitative estimate of drug-likeness (QED) is 0.749. The SMILES string of the molecule is CC[NH+](CC(=O)N1CCN(c2cccc[nH+]2)CC1)Cc1ccc(N(C)C)cc1. The van der Waals surface area contributed by atoms with Gasteiger partial charge in [0.05, 0.1) is 25.8 Å². The highest BCUT2D eigenvalue weighted by molar-refractivity contribution is 5.77. The standard InChI is InChI=1S/C22H31N5O/c1-4-25(17-19-8-10-20(11-9-19)24(2)3)18-22(28)27-15-13-26(14-16-27)21-7-5-6-12-23-21/h5-12H,4,13-18H2,1-3H3/p+2. The largest absolute Gasteiger partial charge is 0.378 e. The number of rotatable bonds is 7. The fraction of sp³-hybridized carbons (Fsp3) is 0.455. The third kappa shape index (κ3) is 5.23. The Balaban J connectivity index is 1.50. The Morgan fingerprint density at radius 3 is 2.36 bits per heavy atom. The minimum Gasteiger partial charge on any atom is -0.378 e. The molecule has 6 heteroatoms. The molecule has 1 aliphatic rings. The van der Waals surface area contributed by atoms with Gasteiger partial charge in [-0.15, -0.1) is 0 Å². The number of pyridine rings is 1. The fourth-order valence-corrected chi connectivity index (χ4v) is 3.62.